The molecule has 0 aliphatic carbocycles. The zero-order chi connectivity index (χ0) is 24.4. The van der Waals surface area contributed by atoms with E-state index in [1.54, 1.807) is 20.0 Å². The number of carboxylic acids is 1. The highest BCUT2D eigenvalue weighted by atomic mass is 16.6. The van der Waals surface area contributed by atoms with Crippen molar-refractivity contribution in [1.29, 1.82) is 0 Å². The molecule has 2 heterocycles. The summed E-state index contributed by atoms with van der Waals surface area (Å²) in [5.74, 6) is -2.68. The number of rotatable bonds is 9. The SMILES string of the molecule is CCCOC(C(C(=O)O)[N+](=O)[O-])n1ccc(C)c1C(=O)OC.COC(=O)c1[nH]ccc1C. The van der Waals surface area contributed by atoms with E-state index in [-0.39, 0.29) is 18.3 Å². The number of ether oxygens (including phenoxy) is 3. The van der Waals surface area contributed by atoms with E-state index in [2.05, 4.69) is 14.5 Å². The summed E-state index contributed by atoms with van der Waals surface area (Å²) in [4.78, 5) is 46.8. The van der Waals surface area contributed by atoms with Crippen molar-refractivity contribution in [3.05, 3.63) is 57.2 Å². The average Bonchev–Trinajstić information content (AvgIpc) is 3.35. The van der Waals surface area contributed by atoms with Crippen molar-refractivity contribution in [2.24, 2.45) is 0 Å². The van der Waals surface area contributed by atoms with Gasteiger partial charge in [-0.05, 0) is 43.5 Å². The van der Waals surface area contributed by atoms with Crippen LogP contribution in [0.3, 0.4) is 0 Å². The predicted octanol–water partition coefficient (Wildman–Crippen LogP) is 2.35. The summed E-state index contributed by atoms with van der Waals surface area (Å²) >= 11 is 0. The molecule has 2 rings (SSSR count). The number of hydrogen-bond acceptors (Lipinski definition) is 8. The number of aliphatic carboxylic acids is 1. The largest absolute Gasteiger partial charge is 0.476 e. The second-order valence-electron chi connectivity index (χ2n) is 6.60. The van der Waals surface area contributed by atoms with Gasteiger partial charge in [-0.2, -0.15) is 0 Å². The Morgan fingerprint density at radius 3 is 2.22 bits per heavy atom. The minimum Gasteiger partial charge on any atom is -0.476 e. The van der Waals surface area contributed by atoms with E-state index < -0.39 is 29.1 Å². The fourth-order valence-corrected chi connectivity index (χ4v) is 2.77. The molecule has 2 aromatic heterocycles. The van der Waals surface area contributed by atoms with Crippen molar-refractivity contribution < 1.29 is 38.6 Å². The molecule has 0 fully saturated rings. The predicted molar refractivity (Wildman–Crippen MR) is 111 cm³/mol. The Hall–Kier alpha value is -3.67. The third-order valence-corrected chi connectivity index (χ3v) is 4.36. The number of aromatic amines is 1. The lowest BCUT2D eigenvalue weighted by atomic mass is 10.2. The van der Waals surface area contributed by atoms with Gasteiger partial charge in [0.2, 0.25) is 6.23 Å². The minimum absolute atomic E-state index is 0.0247. The summed E-state index contributed by atoms with van der Waals surface area (Å²) < 4.78 is 15.6. The van der Waals surface area contributed by atoms with Gasteiger partial charge in [-0.15, -0.1) is 0 Å². The average molecular weight is 453 g/mol. The monoisotopic (exact) mass is 453 g/mol. The number of nitrogens with one attached hydrogen (secondary N) is 1. The second-order valence-corrected chi connectivity index (χ2v) is 6.60. The van der Waals surface area contributed by atoms with Gasteiger partial charge in [0.1, 0.15) is 11.4 Å². The first kappa shape index (κ1) is 26.4. The molecule has 0 saturated carbocycles. The van der Waals surface area contributed by atoms with Crippen LogP contribution in [0.5, 0.6) is 0 Å². The Labute approximate surface area is 184 Å². The Morgan fingerprint density at radius 1 is 1.16 bits per heavy atom. The van der Waals surface area contributed by atoms with Crippen LogP contribution in [0.2, 0.25) is 0 Å². The van der Waals surface area contributed by atoms with Crippen LogP contribution < -0.4 is 0 Å². The Balaban J connectivity index is 0.000000425. The zero-order valence-corrected chi connectivity index (χ0v) is 18.5. The van der Waals surface area contributed by atoms with Crippen LogP contribution in [-0.2, 0) is 19.0 Å². The van der Waals surface area contributed by atoms with Gasteiger partial charge in [-0.25, -0.2) is 14.4 Å². The van der Waals surface area contributed by atoms with Gasteiger partial charge >= 0.3 is 23.9 Å². The third-order valence-electron chi connectivity index (χ3n) is 4.36. The van der Waals surface area contributed by atoms with E-state index >= 15 is 0 Å². The number of carbonyl (C=O) groups is 3. The number of nitrogens with zero attached hydrogens (tertiary/aromatic N) is 2. The number of hydrogen-bond donors (Lipinski definition) is 2. The molecular formula is C20H27N3O9. The quantitative estimate of drug-likeness (QED) is 0.329. The molecule has 0 radical (unpaired) electrons. The van der Waals surface area contributed by atoms with Gasteiger partial charge in [0.15, 0.2) is 0 Å². The minimum atomic E-state index is -2.04. The number of carbonyl (C=O) groups excluding carboxylic acids is 2. The van der Waals surface area contributed by atoms with Crippen LogP contribution in [-0.4, -0.2) is 64.4 Å². The highest BCUT2D eigenvalue weighted by Gasteiger charge is 2.42. The highest BCUT2D eigenvalue weighted by molar-refractivity contribution is 5.89. The van der Waals surface area contributed by atoms with Crippen molar-refractivity contribution in [3.8, 4) is 0 Å². The summed E-state index contributed by atoms with van der Waals surface area (Å²) in [6.07, 6.45) is 2.17. The van der Waals surface area contributed by atoms with Gasteiger partial charge in [0.25, 0.3) is 0 Å². The van der Waals surface area contributed by atoms with Crippen LogP contribution in [0.4, 0.5) is 0 Å². The van der Waals surface area contributed by atoms with Crippen molar-refractivity contribution in [1.82, 2.24) is 9.55 Å². The van der Waals surface area contributed by atoms with E-state index in [4.69, 9.17) is 9.84 Å². The van der Waals surface area contributed by atoms with Crippen molar-refractivity contribution in [2.75, 3.05) is 20.8 Å². The normalized spacial score (nSPS) is 12.2. The maximum atomic E-state index is 11.8. The number of carboxylic acid groups (broad SMARTS) is 1. The van der Waals surface area contributed by atoms with Crippen LogP contribution in [0.15, 0.2) is 24.5 Å². The Bertz CT molecular complexity index is 934. The number of aromatic nitrogens is 2. The number of esters is 2. The summed E-state index contributed by atoms with van der Waals surface area (Å²) in [6, 6.07) is 1.32. The van der Waals surface area contributed by atoms with Crippen LogP contribution >= 0.6 is 0 Å². The van der Waals surface area contributed by atoms with Crippen molar-refractivity contribution in [2.45, 2.75) is 39.5 Å². The van der Waals surface area contributed by atoms with E-state index in [9.17, 15) is 24.5 Å². The molecule has 0 saturated heterocycles. The maximum absolute atomic E-state index is 11.8. The molecule has 0 aliphatic rings. The standard InChI is InChI=1S/C13H18N2O7.C7H9NO2/c1-4-7-22-11(10(12(16)17)15(19)20)14-6-5-8(2)9(14)13(18)21-3;1-5-3-4-8-6(5)7(9)10-2/h5-6,10-11H,4,7H2,1-3H3,(H,16,17);3-4,8H,1-2H3. The first-order chi connectivity index (χ1) is 15.1. The molecular weight excluding hydrogens is 426 g/mol. The lowest BCUT2D eigenvalue weighted by molar-refractivity contribution is -0.528. The fourth-order valence-electron chi connectivity index (χ4n) is 2.77. The van der Waals surface area contributed by atoms with Crippen LogP contribution in [0.25, 0.3) is 0 Å². The molecule has 32 heavy (non-hydrogen) atoms. The van der Waals surface area contributed by atoms with E-state index in [1.807, 2.05) is 13.0 Å². The molecule has 12 heteroatoms. The Morgan fingerprint density at radius 2 is 1.78 bits per heavy atom. The molecule has 0 aliphatic heterocycles. The number of nitro groups is 1. The van der Waals surface area contributed by atoms with Crippen LogP contribution in [0.1, 0.15) is 51.7 Å². The molecule has 0 amide bonds. The van der Waals surface area contributed by atoms with Gasteiger partial charge < -0.3 is 28.9 Å². The summed E-state index contributed by atoms with van der Waals surface area (Å²) in [5, 5.41) is 20.2. The third kappa shape index (κ3) is 6.41. The zero-order valence-electron chi connectivity index (χ0n) is 18.5. The molecule has 2 N–H and O–H groups in total. The van der Waals surface area contributed by atoms with E-state index in [1.165, 1.54) is 26.5 Å². The summed E-state index contributed by atoms with van der Waals surface area (Å²) in [6.45, 7) is 5.35. The van der Waals surface area contributed by atoms with Crippen molar-refractivity contribution >= 4 is 17.9 Å². The molecule has 0 aromatic carbocycles. The van der Waals surface area contributed by atoms with Crippen LogP contribution in [0, 0.1) is 24.0 Å². The summed E-state index contributed by atoms with van der Waals surface area (Å²) in [5.41, 5.74) is 1.97. The Kier molecular flexibility index (Phi) is 10.1. The molecule has 2 aromatic rings. The molecule has 0 bridgehead atoms. The molecule has 0 spiro atoms. The fraction of sp³-hybridized carbons (Fsp3) is 0.450. The molecule has 176 valence electrons. The highest BCUT2D eigenvalue weighted by Crippen LogP contribution is 2.23. The number of H-pyrrole nitrogens is 1. The van der Waals surface area contributed by atoms with Crippen molar-refractivity contribution in [3.63, 3.8) is 0 Å². The second kappa shape index (κ2) is 12.2. The van der Waals surface area contributed by atoms with Gasteiger partial charge in [-0.3, -0.25) is 10.1 Å². The number of aryl methyl sites for hydroxylation is 2. The molecule has 12 nitrogen and oxygen atoms in total. The van der Waals surface area contributed by atoms with Gasteiger partial charge in [-0.1, -0.05) is 6.92 Å². The lowest BCUT2D eigenvalue weighted by Gasteiger charge is -2.22. The smallest absolute Gasteiger partial charge is 0.384 e. The maximum Gasteiger partial charge on any atom is 0.384 e. The first-order valence-electron chi connectivity index (χ1n) is 9.56. The van der Waals surface area contributed by atoms with Gasteiger partial charge in [0.05, 0.1) is 14.2 Å². The molecule has 2 atom stereocenters. The number of methoxy groups -OCH3 is 2. The topological polar surface area (TPSA) is 163 Å². The lowest BCUT2D eigenvalue weighted by Crippen LogP contribution is -2.40. The molecule has 2 unspecified atom stereocenters. The van der Waals surface area contributed by atoms with E-state index in [0.29, 0.717) is 17.7 Å². The first-order valence-corrected chi connectivity index (χ1v) is 9.56. The van der Waals surface area contributed by atoms with E-state index in [0.717, 1.165) is 10.1 Å². The summed E-state index contributed by atoms with van der Waals surface area (Å²) in [7, 11) is 2.53. The van der Waals surface area contributed by atoms with Gasteiger partial charge in [0, 0.05) is 23.9 Å².